The average Bonchev–Trinajstić information content (AvgIpc) is 2.77. The molecule has 0 aliphatic heterocycles. The van der Waals surface area contributed by atoms with E-state index in [0.717, 1.165) is 39.3 Å². The normalized spacial score (nSPS) is 9.64. The highest BCUT2D eigenvalue weighted by Crippen LogP contribution is 2.30. The maximum absolute atomic E-state index is 5.30. The van der Waals surface area contributed by atoms with Gasteiger partial charge in [0, 0.05) is 16.7 Å². The quantitative estimate of drug-likeness (QED) is 0.423. The summed E-state index contributed by atoms with van der Waals surface area (Å²) in [6.45, 7) is 4.00. The molecule has 0 aliphatic carbocycles. The van der Waals surface area contributed by atoms with Crippen LogP contribution < -0.4 is 9.47 Å². The average molecular weight is 366 g/mol. The Bertz CT molecular complexity index is 966. The predicted molar refractivity (Wildman–Crippen MR) is 116 cm³/mol. The van der Waals surface area contributed by atoms with Crippen molar-refractivity contribution < 1.29 is 9.47 Å². The molecule has 0 fully saturated rings. The molecule has 2 nitrogen and oxygen atoms in total. The lowest BCUT2D eigenvalue weighted by Crippen LogP contribution is -1.94. The van der Waals surface area contributed by atoms with Crippen molar-refractivity contribution in [1.82, 2.24) is 0 Å². The molecule has 0 radical (unpaired) electrons. The van der Waals surface area contributed by atoms with E-state index >= 15 is 0 Å². The SMILES string of the molecule is C=CC(C#Cc1ccccc1)=C(c1ccc(OC)cc1)c1ccc(OC)cc1. The molecule has 0 amide bonds. The molecule has 0 saturated heterocycles. The molecule has 0 heterocycles. The Labute approximate surface area is 166 Å². The lowest BCUT2D eigenvalue weighted by atomic mass is 9.92. The van der Waals surface area contributed by atoms with Gasteiger partial charge in [0.25, 0.3) is 0 Å². The van der Waals surface area contributed by atoms with E-state index in [0.29, 0.717) is 0 Å². The van der Waals surface area contributed by atoms with Crippen LogP contribution in [0.3, 0.4) is 0 Å². The Hall–Kier alpha value is -3.70. The minimum atomic E-state index is 0.813. The third-order valence-corrected chi connectivity index (χ3v) is 4.35. The van der Waals surface area contributed by atoms with Crippen molar-refractivity contribution in [1.29, 1.82) is 0 Å². The van der Waals surface area contributed by atoms with E-state index in [2.05, 4.69) is 18.4 Å². The van der Waals surface area contributed by atoms with Crippen molar-refractivity contribution in [3.05, 3.63) is 114 Å². The van der Waals surface area contributed by atoms with E-state index < -0.39 is 0 Å². The van der Waals surface area contributed by atoms with E-state index in [4.69, 9.17) is 9.47 Å². The number of methoxy groups -OCH3 is 2. The number of rotatable bonds is 5. The highest BCUT2D eigenvalue weighted by molar-refractivity contribution is 5.86. The van der Waals surface area contributed by atoms with Gasteiger partial charge in [0.2, 0.25) is 0 Å². The number of benzene rings is 3. The number of allylic oxidation sites excluding steroid dienone is 2. The lowest BCUT2D eigenvalue weighted by Gasteiger charge is -2.12. The van der Waals surface area contributed by atoms with Crippen LogP contribution in [0.2, 0.25) is 0 Å². The number of hydrogen-bond acceptors (Lipinski definition) is 2. The van der Waals surface area contributed by atoms with Gasteiger partial charge in [-0.25, -0.2) is 0 Å². The van der Waals surface area contributed by atoms with Crippen LogP contribution in [0.4, 0.5) is 0 Å². The fourth-order valence-corrected chi connectivity index (χ4v) is 2.87. The first-order chi connectivity index (χ1) is 13.7. The second kappa shape index (κ2) is 9.30. The van der Waals surface area contributed by atoms with Crippen molar-refractivity contribution in [2.45, 2.75) is 0 Å². The van der Waals surface area contributed by atoms with Crippen LogP contribution in [0.15, 0.2) is 97.1 Å². The molecule has 0 aliphatic rings. The standard InChI is InChI=1S/C26H22O2/c1-4-21(11-10-20-8-6-5-7-9-20)26(22-12-16-24(27-2)17-13-22)23-14-18-25(28-3)19-15-23/h4-9,12-19H,1H2,2-3H3. The van der Waals surface area contributed by atoms with Crippen molar-refractivity contribution in [2.75, 3.05) is 14.2 Å². The summed E-state index contributed by atoms with van der Waals surface area (Å²) in [5, 5.41) is 0. The van der Waals surface area contributed by atoms with Gasteiger partial charge in [-0.15, -0.1) is 0 Å². The van der Waals surface area contributed by atoms with Gasteiger partial charge in [0.15, 0.2) is 0 Å². The predicted octanol–water partition coefficient (Wildman–Crippen LogP) is 5.74. The topological polar surface area (TPSA) is 18.5 Å². The fraction of sp³-hybridized carbons (Fsp3) is 0.0769. The molecule has 138 valence electrons. The summed E-state index contributed by atoms with van der Waals surface area (Å²) in [4.78, 5) is 0. The fourth-order valence-electron chi connectivity index (χ4n) is 2.87. The first-order valence-corrected chi connectivity index (χ1v) is 8.98. The second-order valence-electron chi connectivity index (χ2n) is 6.07. The van der Waals surface area contributed by atoms with Crippen LogP contribution >= 0.6 is 0 Å². The van der Waals surface area contributed by atoms with Crippen LogP contribution in [-0.2, 0) is 0 Å². The van der Waals surface area contributed by atoms with E-state index in [1.807, 2.05) is 78.9 Å². The van der Waals surface area contributed by atoms with Crippen LogP contribution in [-0.4, -0.2) is 14.2 Å². The summed E-state index contributed by atoms with van der Waals surface area (Å²) in [6.07, 6.45) is 1.81. The monoisotopic (exact) mass is 366 g/mol. The van der Waals surface area contributed by atoms with Crippen LogP contribution in [0.25, 0.3) is 5.57 Å². The third kappa shape index (κ3) is 4.52. The molecule has 3 aromatic rings. The highest BCUT2D eigenvalue weighted by Gasteiger charge is 2.10. The van der Waals surface area contributed by atoms with Gasteiger partial charge in [0.05, 0.1) is 14.2 Å². The molecular formula is C26H22O2. The van der Waals surface area contributed by atoms with Crippen molar-refractivity contribution in [2.24, 2.45) is 0 Å². The van der Waals surface area contributed by atoms with Gasteiger partial charge in [-0.3, -0.25) is 0 Å². The largest absolute Gasteiger partial charge is 0.497 e. The molecule has 3 rings (SSSR count). The number of hydrogen-bond donors (Lipinski definition) is 0. The summed E-state index contributed by atoms with van der Waals surface area (Å²) in [5.41, 5.74) is 4.93. The second-order valence-corrected chi connectivity index (χ2v) is 6.07. The zero-order valence-electron chi connectivity index (χ0n) is 16.1. The van der Waals surface area contributed by atoms with Crippen molar-refractivity contribution in [3.63, 3.8) is 0 Å². The van der Waals surface area contributed by atoms with Crippen LogP contribution in [0, 0.1) is 11.8 Å². The Kier molecular flexibility index (Phi) is 6.33. The molecular weight excluding hydrogens is 344 g/mol. The molecule has 0 N–H and O–H groups in total. The maximum atomic E-state index is 5.30. The van der Waals surface area contributed by atoms with E-state index in [9.17, 15) is 0 Å². The Morgan fingerprint density at radius 1 is 0.750 bits per heavy atom. The van der Waals surface area contributed by atoms with E-state index in [-0.39, 0.29) is 0 Å². The van der Waals surface area contributed by atoms with E-state index in [1.54, 1.807) is 20.3 Å². The van der Waals surface area contributed by atoms with Gasteiger partial charge in [-0.05, 0) is 47.5 Å². The minimum absolute atomic E-state index is 0.813. The maximum Gasteiger partial charge on any atom is 0.118 e. The zero-order valence-corrected chi connectivity index (χ0v) is 16.1. The minimum Gasteiger partial charge on any atom is -0.497 e. The molecule has 2 heteroatoms. The molecule has 0 atom stereocenters. The molecule has 0 unspecified atom stereocenters. The van der Waals surface area contributed by atoms with Gasteiger partial charge < -0.3 is 9.47 Å². The molecule has 3 aromatic carbocycles. The lowest BCUT2D eigenvalue weighted by molar-refractivity contribution is 0.414. The zero-order chi connectivity index (χ0) is 19.8. The third-order valence-electron chi connectivity index (χ3n) is 4.35. The first-order valence-electron chi connectivity index (χ1n) is 8.98. The molecule has 0 saturated carbocycles. The summed E-state index contributed by atoms with van der Waals surface area (Å²) in [6, 6.07) is 25.9. The smallest absolute Gasteiger partial charge is 0.118 e. The first kappa shape index (κ1) is 19.1. The van der Waals surface area contributed by atoms with Crippen molar-refractivity contribution >= 4 is 5.57 Å². The van der Waals surface area contributed by atoms with Crippen LogP contribution in [0.5, 0.6) is 11.5 Å². The summed E-state index contributed by atoms with van der Waals surface area (Å²) in [7, 11) is 3.32. The summed E-state index contributed by atoms with van der Waals surface area (Å²) >= 11 is 0. The Morgan fingerprint density at radius 2 is 1.25 bits per heavy atom. The van der Waals surface area contributed by atoms with Gasteiger partial charge in [-0.1, -0.05) is 67.0 Å². The molecule has 28 heavy (non-hydrogen) atoms. The number of ether oxygens (including phenoxy) is 2. The summed E-state index contributed by atoms with van der Waals surface area (Å²) < 4.78 is 10.6. The molecule has 0 bridgehead atoms. The van der Waals surface area contributed by atoms with Crippen LogP contribution in [0.1, 0.15) is 16.7 Å². The molecule has 0 spiro atoms. The summed E-state index contributed by atoms with van der Waals surface area (Å²) in [5.74, 6) is 8.15. The van der Waals surface area contributed by atoms with Gasteiger partial charge >= 0.3 is 0 Å². The molecule has 0 aromatic heterocycles. The highest BCUT2D eigenvalue weighted by atomic mass is 16.5. The Balaban J connectivity index is 2.15. The Morgan fingerprint density at radius 3 is 1.68 bits per heavy atom. The van der Waals surface area contributed by atoms with Gasteiger partial charge in [-0.2, -0.15) is 0 Å². The van der Waals surface area contributed by atoms with E-state index in [1.165, 1.54) is 0 Å². The van der Waals surface area contributed by atoms with Crippen molar-refractivity contribution in [3.8, 4) is 23.3 Å². The van der Waals surface area contributed by atoms with Gasteiger partial charge in [0.1, 0.15) is 11.5 Å².